The smallest absolute Gasteiger partial charge is 0.227 e. The molecule has 40 heavy (non-hydrogen) atoms. The summed E-state index contributed by atoms with van der Waals surface area (Å²) in [5.74, 6) is -0.748. The van der Waals surface area contributed by atoms with Gasteiger partial charge in [0.25, 0.3) is 0 Å². The average molecular weight is 562 g/mol. The minimum Gasteiger partial charge on any atom is -0.342 e. The first-order valence-electron chi connectivity index (χ1n) is 15.0. The minimum absolute atomic E-state index is 0.0768. The van der Waals surface area contributed by atoms with Gasteiger partial charge in [-0.1, -0.05) is 26.8 Å². The molecule has 0 spiro atoms. The quantitative estimate of drug-likeness (QED) is 0.371. The van der Waals surface area contributed by atoms with E-state index in [2.05, 4.69) is 60.3 Å². The molecule has 5 nitrogen and oxygen atoms in total. The Hall–Kier alpha value is -2.02. The average Bonchev–Trinajstić information content (AvgIpc) is 3.27. The molecule has 3 rings (SSSR count). The van der Waals surface area contributed by atoms with E-state index in [1.54, 1.807) is 6.92 Å². The van der Waals surface area contributed by atoms with Crippen molar-refractivity contribution in [3.05, 3.63) is 35.4 Å². The Morgan fingerprint density at radius 1 is 0.975 bits per heavy atom. The number of amides is 2. The summed E-state index contributed by atoms with van der Waals surface area (Å²) in [4.78, 5) is 32.3. The topological polar surface area (TPSA) is 43.9 Å². The van der Waals surface area contributed by atoms with Crippen LogP contribution in [0.2, 0.25) is 0 Å². The van der Waals surface area contributed by atoms with E-state index < -0.39 is 11.6 Å². The zero-order valence-electron chi connectivity index (χ0n) is 26.6. The molecule has 1 aromatic carbocycles. The molecule has 1 aromatic rings. The lowest BCUT2D eigenvalue weighted by Crippen LogP contribution is -2.48. The summed E-state index contributed by atoms with van der Waals surface area (Å²) in [6.45, 7) is 21.6. The van der Waals surface area contributed by atoms with E-state index in [1.807, 2.05) is 16.8 Å². The van der Waals surface area contributed by atoms with Crippen molar-refractivity contribution in [3.8, 4) is 0 Å². The van der Waals surface area contributed by atoms with Crippen molar-refractivity contribution in [3.63, 3.8) is 0 Å². The molecular weight excluding hydrogens is 508 g/mol. The normalized spacial score (nSPS) is 22.4. The molecule has 2 aliphatic rings. The number of carbonyl (C=O) groups is 2. The van der Waals surface area contributed by atoms with Gasteiger partial charge in [0.2, 0.25) is 11.8 Å². The van der Waals surface area contributed by atoms with Crippen molar-refractivity contribution in [1.82, 2.24) is 14.7 Å². The van der Waals surface area contributed by atoms with Crippen molar-refractivity contribution >= 4 is 11.8 Å². The Labute approximate surface area is 241 Å². The second kappa shape index (κ2) is 12.1. The van der Waals surface area contributed by atoms with Gasteiger partial charge < -0.3 is 9.80 Å². The van der Waals surface area contributed by atoms with Crippen LogP contribution in [0.3, 0.4) is 0 Å². The fourth-order valence-electron chi connectivity index (χ4n) is 6.94. The molecule has 0 aliphatic carbocycles. The van der Waals surface area contributed by atoms with E-state index in [4.69, 9.17) is 0 Å². The molecule has 0 saturated carbocycles. The number of nitrogens with zero attached hydrogens (tertiary/aromatic N) is 3. The van der Waals surface area contributed by atoms with E-state index in [-0.39, 0.29) is 40.1 Å². The fourth-order valence-corrected chi connectivity index (χ4v) is 6.94. The second-order valence-electron chi connectivity index (χ2n) is 15.2. The van der Waals surface area contributed by atoms with Crippen LogP contribution in [0.25, 0.3) is 0 Å². The van der Waals surface area contributed by atoms with Crippen LogP contribution in [0, 0.1) is 34.8 Å². The molecule has 1 unspecified atom stereocenters. The summed E-state index contributed by atoms with van der Waals surface area (Å²) in [5.41, 5.74) is 0.191. The van der Waals surface area contributed by atoms with Crippen molar-refractivity contribution in [1.29, 1.82) is 0 Å². The SMILES string of the molecule is CC(=O)N(C)C(C)(C)CC(CC(C)(C)C)C1CCN(C(=O)[C@H]2CN(C(C)(C)C)C[C@@H]2c2ccc(F)cc2F)CC1. The van der Waals surface area contributed by atoms with Gasteiger partial charge in [-0.2, -0.15) is 0 Å². The van der Waals surface area contributed by atoms with Crippen molar-refractivity contribution < 1.29 is 18.4 Å². The number of rotatable bonds is 7. The molecule has 0 bridgehead atoms. The molecule has 0 N–H and O–H groups in total. The third kappa shape index (κ3) is 7.83. The van der Waals surface area contributed by atoms with Crippen molar-refractivity contribution in [2.24, 2.45) is 23.2 Å². The van der Waals surface area contributed by atoms with Crippen LogP contribution in [0.4, 0.5) is 8.78 Å². The van der Waals surface area contributed by atoms with E-state index in [9.17, 15) is 18.4 Å². The molecular formula is C33H53F2N3O2. The lowest BCUT2D eigenvalue weighted by Gasteiger charge is -2.44. The summed E-state index contributed by atoms with van der Waals surface area (Å²) in [7, 11) is 1.89. The number of likely N-dealkylation sites (tertiary alicyclic amines) is 2. The van der Waals surface area contributed by atoms with Gasteiger partial charge in [-0.3, -0.25) is 14.5 Å². The molecule has 226 valence electrons. The van der Waals surface area contributed by atoms with Crippen LogP contribution in [0.5, 0.6) is 0 Å². The maximum atomic E-state index is 14.9. The Balaban J connectivity index is 1.77. The highest BCUT2D eigenvalue weighted by molar-refractivity contribution is 5.81. The van der Waals surface area contributed by atoms with Crippen LogP contribution < -0.4 is 0 Å². The van der Waals surface area contributed by atoms with Gasteiger partial charge >= 0.3 is 0 Å². The standard InChI is InChI=1S/C33H53F2N3O2/c1-22(39)36(10)33(8,9)19-24(18-31(2,3)4)23-13-15-37(16-14-23)30(40)28-21-38(32(5,6)7)20-27(28)26-12-11-25(34)17-29(26)35/h11-12,17,23-24,27-28H,13-16,18-21H2,1-10H3/t24?,27-,28+/m1/s1. The van der Waals surface area contributed by atoms with E-state index in [1.165, 1.54) is 12.1 Å². The van der Waals surface area contributed by atoms with Crippen molar-refractivity contribution in [2.45, 2.75) is 105 Å². The number of halogens is 2. The highest BCUT2D eigenvalue weighted by Crippen LogP contribution is 2.42. The van der Waals surface area contributed by atoms with Gasteiger partial charge in [0.15, 0.2) is 0 Å². The molecule has 0 radical (unpaired) electrons. The number of carbonyl (C=O) groups excluding carboxylic acids is 2. The molecule has 2 aliphatic heterocycles. The molecule has 2 saturated heterocycles. The highest BCUT2D eigenvalue weighted by atomic mass is 19.1. The number of hydrogen-bond acceptors (Lipinski definition) is 3. The largest absolute Gasteiger partial charge is 0.342 e. The highest BCUT2D eigenvalue weighted by Gasteiger charge is 2.45. The first-order valence-corrected chi connectivity index (χ1v) is 15.0. The zero-order chi connectivity index (χ0) is 30.2. The minimum atomic E-state index is -0.598. The van der Waals surface area contributed by atoms with Gasteiger partial charge in [0, 0.05) is 63.2 Å². The van der Waals surface area contributed by atoms with Crippen LogP contribution >= 0.6 is 0 Å². The van der Waals surface area contributed by atoms with Gasteiger partial charge in [-0.05, 0) is 89.2 Å². The van der Waals surface area contributed by atoms with Gasteiger partial charge in [0.05, 0.1) is 5.92 Å². The van der Waals surface area contributed by atoms with Crippen LogP contribution in [-0.4, -0.2) is 70.8 Å². The maximum Gasteiger partial charge on any atom is 0.227 e. The lowest BCUT2D eigenvalue weighted by molar-refractivity contribution is -0.138. The molecule has 0 aromatic heterocycles. The molecule has 3 atom stereocenters. The molecule has 2 amide bonds. The summed E-state index contributed by atoms with van der Waals surface area (Å²) >= 11 is 0. The van der Waals surface area contributed by atoms with Gasteiger partial charge in [-0.15, -0.1) is 0 Å². The summed E-state index contributed by atoms with van der Waals surface area (Å²) in [6.07, 6.45) is 3.85. The summed E-state index contributed by atoms with van der Waals surface area (Å²) in [5, 5.41) is 0. The van der Waals surface area contributed by atoms with E-state index in [0.29, 0.717) is 43.6 Å². The number of hydrogen-bond donors (Lipinski definition) is 0. The fraction of sp³-hybridized carbons (Fsp3) is 0.758. The Morgan fingerprint density at radius 3 is 2.08 bits per heavy atom. The summed E-state index contributed by atoms with van der Waals surface area (Å²) < 4.78 is 28.6. The third-order valence-electron chi connectivity index (χ3n) is 9.48. The van der Waals surface area contributed by atoms with Crippen LogP contribution in [0.1, 0.15) is 99.5 Å². The monoisotopic (exact) mass is 561 g/mol. The van der Waals surface area contributed by atoms with Gasteiger partial charge in [0.1, 0.15) is 11.6 Å². The number of benzene rings is 1. The first-order chi connectivity index (χ1) is 18.3. The predicted molar refractivity (Wildman–Crippen MR) is 158 cm³/mol. The maximum absolute atomic E-state index is 14.9. The zero-order valence-corrected chi connectivity index (χ0v) is 26.6. The molecule has 2 fully saturated rings. The molecule has 2 heterocycles. The lowest BCUT2D eigenvalue weighted by atomic mass is 9.70. The second-order valence-corrected chi connectivity index (χ2v) is 15.2. The van der Waals surface area contributed by atoms with Crippen LogP contribution in [-0.2, 0) is 9.59 Å². The Bertz CT molecular complexity index is 1050. The first kappa shape index (κ1) is 32.5. The predicted octanol–water partition coefficient (Wildman–Crippen LogP) is 6.72. The van der Waals surface area contributed by atoms with E-state index in [0.717, 1.165) is 31.7 Å². The Kier molecular flexibility index (Phi) is 9.80. The van der Waals surface area contributed by atoms with Crippen molar-refractivity contribution in [2.75, 3.05) is 33.2 Å². The van der Waals surface area contributed by atoms with Crippen LogP contribution in [0.15, 0.2) is 18.2 Å². The Morgan fingerprint density at radius 2 is 1.57 bits per heavy atom. The van der Waals surface area contributed by atoms with E-state index >= 15 is 0 Å². The number of piperidine rings is 1. The third-order valence-corrected chi connectivity index (χ3v) is 9.48. The summed E-state index contributed by atoms with van der Waals surface area (Å²) in [6, 6.07) is 3.75. The van der Waals surface area contributed by atoms with Gasteiger partial charge in [-0.25, -0.2) is 8.78 Å². The molecule has 7 heteroatoms.